The fourth-order valence-electron chi connectivity index (χ4n) is 4.01. The van der Waals surface area contributed by atoms with Crippen LogP contribution in [0.3, 0.4) is 0 Å². The fourth-order valence-corrected chi connectivity index (χ4v) is 4.01. The van der Waals surface area contributed by atoms with Crippen molar-refractivity contribution in [2.75, 3.05) is 40.0 Å². The molecule has 2 aliphatic heterocycles. The molecule has 0 amide bonds. The Morgan fingerprint density at radius 3 is 2.66 bits per heavy atom. The number of hydrogen-bond acceptors (Lipinski definition) is 4. The van der Waals surface area contributed by atoms with Crippen LogP contribution in [0.25, 0.3) is 0 Å². The Hall–Kier alpha value is -1.63. The summed E-state index contributed by atoms with van der Waals surface area (Å²) in [5.41, 5.74) is 2.42. The van der Waals surface area contributed by atoms with Crippen molar-refractivity contribution >= 4 is 5.96 Å². The van der Waals surface area contributed by atoms with Gasteiger partial charge >= 0.3 is 0 Å². The van der Waals surface area contributed by atoms with Crippen LogP contribution in [-0.2, 0) is 27.4 Å². The number of benzene rings is 1. The van der Waals surface area contributed by atoms with Gasteiger partial charge in [-0.1, -0.05) is 24.3 Å². The Balaban J connectivity index is 1.50. The second-order valence-corrected chi connectivity index (χ2v) is 7.88. The van der Waals surface area contributed by atoms with Gasteiger partial charge in [-0.3, -0.25) is 0 Å². The van der Waals surface area contributed by atoms with E-state index in [4.69, 9.17) is 19.2 Å². The summed E-state index contributed by atoms with van der Waals surface area (Å²) in [5, 5.41) is 3.46. The molecule has 0 aliphatic carbocycles. The van der Waals surface area contributed by atoms with Gasteiger partial charge in [0.05, 0.1) is 32.0 Å². The van der Waals surface area contributed by atoms with E-state index in [0.29, 0.717) is 25.4 Å². The molecule has 0 radical (unpaired) electrons. The zero-order valence-corrected chi connectivity index (χ0v) is 18.1. The lowest BCUT2D eigenvalue weighted by molar-refractivity contribution is -0.0721. The quantitative estimate of drug-likeness (QED) is 0.533. The van der Waals surface area contributed by atoms with Crippen LogP contribution in [-0.4, -0.2) is 63.0 Å². The van der Waals surface area contributed by atoms with Gasteiger partial charge in [0.1, 0.15) is 0 Å². The van der Waals surface area contributed by atoms with Gasteiger partial charge in [-0.2, -0.15) is 0 Å². The Morgan fingerprint density at radius 1 is 1.17 bits per heavy atom. The van der Waals surface area contributed by atoms with E-state index in [0.717, 1.165) is 58.1 Å². The molecule has 3 rings (SSSR count). The Labute approximate surface area is 175 Å². The molecule has 1 aromatic carbocycles. The predicted octanol–water partition coefficient (Wildman–Crippen LogP) is 3.35. The molecule has 0 saturated carbocycles. The molecular formula is C23H37N3O3. The van der Waals surface area contributed by atoms with Crippen molar-refractivity contribution in [2.24, 2.45) is 4.99 Å². The minimum Gasteiger partial charge on any atom is -0.380 e. The van der Waals surface area contributed by atoms with Crippen LogP contribution in [0.2, 0.25) is 0 Å². The summed E-state index contributed by atoms with van der Waals surface area (Å²) >= 11 is 0. The summed E-state index contributed by atoms with van der Waals surface area (Å²) in [7, 11) is 1.73. The lowest BCUT2D eigenvalue weighted by atomic mass is 10.1. The molecule has 2 heterocycles. The number of likely N-dealkylation sites (tertiary alicyclic amines) is 1. The van der Waals surface area contributed by atoms with Crippen molar-refractivity contribution in [3.63, 3.8) is 0 Å². The molecule has 2 aliphatic rings. The van der Waals surface area contributed by atoms with Crippen LogP contribution >= 0.6 is 0 Å². The summed E-state index contributed by atoms with van der Waals surface area (Å²) in [6, 6.07) is 8.36. The van der Waals surface area contributed by atoms with Crippen LogP contribution in [0.15, 0.2) is 29.3 Å². The van der Waals surface area contributed by atoms with Gasteiger partial charge in [0.25, 0.3) is 0 Å². The molecule has 1 atom stereocenters. The maximum atomic E-state index is 6.16. The van der Waals surface area contributed by atoms with Crippen LogP contribution < -0.4 is 5.32 Å². The maximum absolute atomic E-state index is 6.16. The Morgan fingerprint density at radius 2 is 1.97 bits per heavy atom. The Kier molecular flexibility index (Phi) is 9.25. The number of methoxy groups -OCH3 is 1. The second-order valence-electron chi connectivity index (χ2n) is 7.88. The van der Waals surface area contributed by atoms with E-state index in [2.05, 4.69) is 41.4 Å². The lowest BCUT2D eigenvalue weighted by Gasteiger charge is -2.35. The monoisotopic (exact) mass is 403 g/mol. The van der Waals surface area contributed by atoms with Gasteiger partial charge in [-0.05, 0) is 50.2 Å². The van der Waals surface area contributed by atoms with E-state index >= 15 is 0 Å². The second kappa shape index (κ2) is 12.2. The highest BCUT2D eigenvalue weighted by atomic mass is 16.5. The summed E-state index contributed by atoms with van der Waals surface area (Å²) in [6.07, 6.45) is 6.31. The van der Waals surface area contributed by atoms with Gasteiger partial charge < -0.3 is 24.4 Å². The lowest BCUT2D eigenvalue weighted by Crippen LogP contribution is -2.47. The average Bonchev–Trinajstić information content (AvgIpc) is 2.77. The number of rotatable bonds is 8. The van der Waals surface area contributed by atoms with Crippen molar-refractivity contribution < 1.29 is 14.2 Å². The van der Waals surface area contributed by atoms with Crippen LogP contribution in [0, 0.1) is 0 Å². The third-order valence-corrected chi connectivity index (χ3v) is 5.69. The molecule has 1 N–H and O–H groups in total. The highest BCUT2D eigenvalue weighted by Crippen LogP contribution is 2.18. The van der Waals surface area contributed by atoms with Crippen molar-refractivity contribution in [2.45, 2.75) is 64.4 Å². The van der Waals surface area contributed by atoms with Gasteiger partial charge in [0, 0.05) is 33.4 Å². The van der Waals surface area contributed by atoms with E-state index in [1.165, 1.54) is 24.0 Å². The number of hydrogen-bond donors (Lipinski definition) is 1. The molecule has 0 spiro atoms. The molecule has 162 valence electrons. The van der Waals surface area contributed by atoms with Gasteiger partial charge in [-0.15, -0.1) is 0 Å². The van der Waals surface area contributed by atoms with Crippen LogP contribution in [0.4, 0.5) is 0 Å². The molecule has 0 bridgehead atoms. The van der Waals surface area contributed by atoms with Crippen molar-refractivity contribution in [1.29, 1.82) is 0 Å². The van der Waals surface area contributed by atoms with Gasteiger partial charge in [-0.25, -0.2) is 4.99 Å². The summed E-state index contributed by atoms with van der Waals surface area (Å²) in [4.78, 5) is 7.27. The number of aliphatic imine (C=N–C) groups is 1. The van der Waals surface area contributed by atoms with Crippen LogP contribution in [0.5, 0.6) is 0 Å². The standard InChI is InChI=1S/C23H37N3O3/c1-3-24-23(25-16-19-8-4-5-9-20(19)17-27-2)26-13-11-21(12-14-26)29-18-22-10-6-7-15-28-22/h4-5,8-9,21-22H,3,6-7,10-18H2,1-2H3,(H,24,25). The maximum Gasteiger partial charge on any atom is 0.194 e. The zero-order chi connectivity index (χ0) is 20.3. The van der Waals surface area contributed by atoms with Gasteiger partial charge in [0.15, 0.2) is 5.96 Å². The predicted molar refractivity (Wildman–Crippen MR) is 116 cm³/mol. The normalized spacial score (nSPS) is 21.4. The number of nitrogens with zero attached hydrogens (tertiary/aromatic N) is 2. The van der Waals surface area contributed by atoms with Crippen molar-refractivity contribution in [3.8, 4) is 0 Å². The van der Waals surface area contributed by atoms with Crippen LogP contribution in [0.1, 0.15) is 50.2 Å². The largest absolute Gasteiger partial charge is 0.380 e. The highest BCUT2D eigenvalue weighted by Gasteiger charge is 2.23. The first-order chi connectivity index (χ1) is 14.3. The average molecular weight is 404 g/mol. The molecule has 6 heteroatoms. The number of piperidine rings is 1. The summed E-state index contributed by atoms with van der Waals surface area (Å²) in [5.74, 6) is 0.994. The molecule has 6 nitrogen and oxygen atoms in total. The number of ether oxygens (including phenoxy) is 3. The summed E-state index contributed by atoms with van der Waals surface area (Å²) < 4.78 is 17.3. The van der Waals surface area contributed by atoms with Crippen molar-refractivity contribution in [3.05, 3.63) is 35.4 Å². The molecule has 2 fully saturated rings. The fraction of sp³-hybridized carbons (Fsp3) is 0.696. The molecule has 29 heavy (non-hydrogen) atoms. The van der Waals surface area contributed by atoms with E-state index in [1.54, 1.807) is 7.11 Å². The first-order valence-corrected chi connectivity index (χ1v) is 11.1. The SMILES string of the molecule is CCNC(=NCc1ccccc1COC)N1CCC(OCC2CCCCO2)CC1. The summed E-state index contributed by atoms with van der Waals surface area (Å²) in [6.45, 7) is 7.86. The van der Waals surface area contributed by atoms with Crippen molar-refractivity contribution in [1.82, 2.24) is 10.2 Å². The van der Waals surface area contributed by atoms with Gasteiger partial charge in [0.2, 0.25) is 0 Å². The molecule has 1 unspecified atom stereocenters. The third-order valence-electron chi connectivity index (χ3n) is 5.69. The zero-order valence-electron chi connectivity index (χ0n) is 18.1. The first kappa shape index (κ1) is 22.1. The minimum absolute atomic E-state index is 0.299. The minimum atomic E-state index is 0.299. The van der Waals surface area contributed by atoms with E-state index < -0.39 is 0 Å². The molecule has 1 aromatic rings. The van der Waals surface area contributed by atoms with E-state index in [9.17, 15) is 0 Å². The number of nitrogens with one attached hydrogen (secondary N) is 1. The number of guanidine groups is 1. The highest BCUT2D eigenvalue weighted by molar-refractivity contribution is 5.80. The first-order valence-electron chi connectivity index (χ1n) is 11.1. The topological polar surface area (TPSA) is 55.3 Å². The smallest absolute Gasteiger partial charge is 0.194 e. The third kappa shape index (κ3) is 6.98. The Bertz CT molecular complexity index is 624. The molecular weight excluding hydrogens is 366 g/mol. The molecule has 0 aromatic heterocycles. The molecule has 2 saturated heterocycles. The van der Waals surface area contributed by atoms with E-state index in [1.807, 2.05) is 0 Å². The van der Waals surface area contributed by atoms with E-state index in [-0.39, 0.29) is 0 Å².